The third kappa shape index (κ3) is 5.15. The van der Waals surface area contributed by atoms with Crippen LogP contribution in [0.4, 0.5) is 0 Å². The van der Waals surface area contributed by atoms with E-state index in [2.05, 4.69) is 28.3 Å². The molecule has 0 radical (unpaired) electrons. The number of imidazole rings is 1. The number of hydrogen-bond donors (Lipinski definition) is 1. The maximum absolute atomic E-state index is 11.3. The van der Waals surface area contributed by atoms with Gasteiger partial charge in [0.2, 0.25) is 0 Å². The number of aryl methyl sites for hydroxylation is 2. The number of nitrogens with zero attached hydrogens (tertiary/aromatic N) is 3. The molecule has 0 atom stereocenters. The Labute approximate surface area is 171 Å². The predicted octanol–water partition coefficient (Wildman–Crippen LogP) is 4.35. The Morgan fingerprint density at radius 2 is 1.86 bits per heavy atom. The summed E-state index contributed by atoms with van der Waals surface area (Å²) < 4.78 is 8.11. The van der Waals surface area contributed by atoms with E-state index in [4.69, 9.17) is 4.74 Å². The van der Waals surface area contributed by atoms with Crippen LogP contribution in [0.15, 0.2) is 42.5 Å². The van der Waals surface area contributed by atoms with Gasteiger partial charge >= 0.3 is 5.97 Å². The van der Waals surface area contributed by atoms with Gasteiger partial charge in [-0.1, -0.05) is 31.5 Å². The van der Waals surface area contributed by atoms with Gasteiger partial charge in [0.25, 0.3) is 0 Å². The molecule has 6 heteroatoms. The quantitative estimate of drug-likeness (QED) is 0.553. The first kappa shape index (κ1) is 20.9. The number of rotatable bonds is 10. The van der Waals surface area contributed by atoms with Crippen LogP contribution in [-0.2, 0) is 13.2 Å². The number of benzene rings is 2. The molecular formula is C23H29N3O3. The summed E-state index contributed by atoms with van der Waals surface area (Å²) in [6, 6.07) is 13.0. The van der Waals surface area contributed by atoms with E-state index < -0.39 is 5.97 Å². The molecule has 0 amide bonds. The summed E-state index contributed by atoms with van der Waals surface area (Å²) in [5.74, 6) is 0.659. The van der Waals surface area contributed by atoms with Gasteiger partial charge in [-0.25, -0.2) is 9.78 Å². The van der Waals surface area contributed by atoms with Crippen LogP contribution in [0, 0.1) is 6.92 Å². The number of carbonyl (C=O) groups is 1. The molecule has 154 valence electrons. The van der Waals surface area contributed by atoms with E-state index in [-0.39, 0.29) is 5.56 Å². The number of hydrogen-bond acceptors (Lipinski definition) is 4. The normalized spacial score (nSPS) is 11.3. The summed E-state index contributed by atoms with van der Waals surface area (Å²) >= 11 is 0. The molecule has 0 spiro atoms. The maximum atomic E-state index is 11.3. The van der Waals surface area contributed by atoms with Gasteiger partial charge in [0, 0.05) is 6.54 Å². The smallest absolute Gasteiger partial charge is 0.335 e. The van der Waals surface area contributed by atoms with Crippen LogP contribution in [0.5, 0.6) is 5.75 Å². The van der Waals surface area contributed by atoms with Gasteiger partial charge < -0.3 is 19.3 Å². The molecule has 3 rings (SSSR count). The molecule has 1 aromatic heterocycles. The number of carboxylic acid groups (broad SMARTS) is 1. The molecule has 1 heterocycles. The Hall–Kier alpha value is -2.86. The first-order chi connectivity index (χ1) is 14.0. The minimum atomic E-state index is -0.944. The number of fused-ring (bicyclic) bond motifs is 1. The van der Waals surface area contributed by atoms with Crippen molar-refractivity contribution < 1.29 is 14.6 Å². The SMILES string of the molecule is CCN(CC)CCCn1c(COc2ccc(C)cc2)nc2cc(C(=O)O)ccc21. The van der Waals surface area contributed by atoms with Crippen molar-refractivity contribution in [1.29, 1.82) is 0 Å². The molecule has 2 aromatic carbocycles. The molecule has 0 bridgehead atoms. The van der Waals surface area contributed by atoms with Crippen LogP contribution in [0.25, 0.3) is 11.0 Å². The Bertz CT molecular complexity index is 959. The van der Waals surface area contributed by atoms with Gasteiger partial charge in [-0.2, -0.15) is 0 Å². The monoisotopic (exact) mass is 395 g/mol. The van der Waals surface area contributed by atoms with Gasteiger partial charge in [-0.3, -0.25) is 0 Å². The van der Waals surface area contributed by atoms with Crippen LogP contribution in [-0.4, -0.2) is 45.2 Å². The molecule has 0 aliphatic rings. The van der Waals surface area contributed by atoms with Crippen molar-refractivity contribution in [2.75, 3.05) is 19.6 Å². The van der Waals surface area contributed by atoms with Gasteiger partial charge in [0.15, 0.2) is 0 Å². The average molecular weight is 396 g/mol. The predicted molar refractivity (Wildman–Crippen MR) is 115 cm³/mol. The number of aromatic nitrogens is 2. The Balaban J connectivity index is 1.84. The van der Waals surface area contributed by atoms with E-state index in [1.807, 2.05) is 37.3 Å². The van der Waals surface area contributed by atoms with Crippen molar-refractivity contribution in [2.45, 2.75) is 40.3 Å². The molecule has 3 aromatic rings. The molecule has 29 heavy (non-hydrogen) atoms. The van der Waals surface area contributed by atoms with Crippen molar-refractivity contribution >= 4 is 17.0 Å². The van der Waals surface area contributed by atoms with Crippen molar-refractivity contribution in [3.8, 4) is 5.75 Å². The first-order valence-electron chi connectivity index (χ1n) is 10.2. The maximum Gasteiger partial charge on any atom is 0.335 e. The zero-order valence-corrected chi connectivity index (χ0v) is 17.4. The number of carboxylic acids is 1. The highest BCUT2D eigenvalue weighted by atomic mass is 16.5. The second kappa shape index (κ2) is 9.56. The largest absolute Gasteiger partial charge is 0.486 e. The molecule has 0 saturated carbocycles. The van der Waals surface area contributed by atoms with Crippen molar-refractivity contribution in [2.24, 2.45) is 0 Å². The lowest BCUT2D eigenvalue weighted by molar-refractivity contribution is 0.0697. The summed E-state index contributed by atoms with van der Waals surface area (Å²) in [4.78, 5) is 18.4. The highest BCUT2D eigenvalue weighted by Crippen LogP contribution is 2.21. The van der Waals surface area contributed by atoms with Crippen LogP contribution in [0.3, 0.4) is 0 Å². The molecule has 6 nitrogen and oxygen atoms in total. The summed E-state index contributed by atoms with van der Waals surface area (Å²) in [5.41, 5.74) is 3.06. The van der Waals surface area contributed by atoms with Crippen molar-refractivity contribution in [3.05, 3.63) is 59.4 Å². The van der Waals surface area contributed by atoms with E-state index >= 15 is 0 Å². The van der Waals surface area contributed by atoms with E-state index in [1.165, 1.54) is 5.56 Å². The van der Waals surface area contributed by atoms with Gasteiger partial charge in [0.1, 0.15) is 18.2 Å². The zero-order valence-electron chi connectivity index (χ0n) is 17.4. The molecule has 0 fully saturated rings. The minimum Gasteiger partial charge on any atom is -0.486 e. The molecule has 0 unspecified atom stereocenters. The fraction of sp³-hybridized carbons (Fsp3) is 0.391. The second-order valence-corrected chi connectivity index (χ2v) is 7.17. The Kier molecular flexibility index (Phi) is 6.88. The van der Waals surface area contributed by atoms with E-state index in [0.717, 1.165) is 49.7 Å². The third-order valence-corrected chi connectivity index (χ3v) is 5.21. The van der Waals surface area contributed by atoms with E-state index in [1.54, 1.807) is 12.1 Å². The van der Waals surface area contributed by atoms with Crippen LogP contribution >= 0.6 is 0 Å². The molecule has 1 N–H and O–H groups in total. The fourth-order valence-corrected chi connectivity index (χ4v) is 3.45. The van der Waals surface area contributed by atoms with Gasteiger partial charge in [-0.05, 0) is 63.3 Å². The molecule has 0 aliphatic carbocycles. The Morgan fingerprint density at radius 1 is 1.14 bits per heavy atom. The van der Waals surface area contributed by atoms with E-state index in [9.17, 15) is 9.90 Å². The first-order valence-corrected chi connectivity index (χ1v) is 10.2. The zero-order chi connectivity index (χ0) is 20.8. The van der Waals surface area contributed by atoms with Crippen LogP contribution in [0.1, 0.15) is 42.0 Å². The van der Waals surface area contributed by atoms with Crippen LogP contribution in [0.2, 0.25) is 0 Å². The average Bonchev–Trinajstić information content (AvgIpc) is 3.07. The van der Waals surface area contributed by atoms with Crippen molar-refractivity contribution in [1.82, 2.24) is 14.5 Å². The van der Waals surface area contributed by atoms with Gasteiger partial charge in [-0.15, -0.1) is 0 Å². The molecular weight excluding hydrogens is 366 g/mol. The molecule has 0 aliphatic heterocycles. The lowest BCUT2D eigenvalue weighted by Gasteiger charge is -2.18. The minimum absolute atomic E-state index is 0.247. The fourth-order valence-electron chi connectivity index (χ4n) is 3.45. The van der Waals surface area contributed by atoms with Crippen molar-refractivity contribution in [3.63, 3.8) is 0 Å². The topological polar surface area (TPSA) is 67.6 Å². The standard InChI is InChI=1S/C23H29N3O3/c1-4-25(5-2)13-6-14-26-21-12-9-18(23(27)28)15-20(21)24-22(26)16-29-19-10-7-17(3)8-11-19/h7-12,15H,4-6,13-14,16H2,1-3H3,(H,27,28). The number of aromatic carboxylic acids is 1. The summed E-state index contributed by atoms with van der Waals surface area (Å²) in [7, 11) is 0. The lowest BCUT2D eigenvalue weighted by atomic mass is 10.2. The highest BCUT2D eigenvalue weighted by molar-refractivity contribution is 5.92. The highest BCUT2D eigenvalue weighted by Gasteiger charge is 2.14. The van der Waals surface area contributed by atoms with Gasteiger partial charge in [0.05, 0.1) is 16.6 Å². The Morgan fingerprint density at radius 3 is 2.52 bits per heavy atom. The second-order valence-electron chi connectivity index (χ2n) is 7.17. The third-order valence-electron chi connectivity index (χ3n) is 5.21. The summed E-state index contributed by atoms with van der Waals surface area (Å²) in [5, 5.41) is 9.29. The summed E-state index contributed by atoms with van der Waals surface area (Å²) in [6.45, 7) is 10.6. The van der Waals surface area contributed by atoms with Crippen LogP contribution < -0.4 is 4.74 Å². The molecule has 0 saturated heterocycles. The summed E-state index contributed by atoms with van der Waals surface area (Å²) in [6.07, 6.45) is 0.991. The lowest BCUT2D eigenvalue weighted by Crippen LogP contribution is -2.25. The number of ether oxygens (including phenoxy) is 1. The van der Waals surface area contributed by atoms with E-state index in [0.29, 0.717) is 12.1 Å².